The molecule has 3 N–H and O–H groups in total. The van der Waals surface area contributed by atoms with Gasteiger partial charge in [0.1, 0.15) is 12.0 Å². The number of alkyl halides is 3. The third-order valence-electron chi connectivity index (χ3n) is 6.73. The van der Waals surface area contributed by atoms with Crippen molar-refractivity contribution in [1.82, 2.24) is 30.5 Å². The Morgan fingerprint density at radius 1 is 1.05 bits per heavy atom. The summed E-state index contributed by atoms with van der Waals surface area (Å²) < 4.78 is 42.4. The zero-order chi connectivity index (χ0) is 30.4. The molecule has 0 atom stereocenters. The Morgan fingerprint density at radius 3 is 2.33 bits per heavy atom. The maximum Gasteiger partial charge on any atom is 0.416 e. The predicted molar refractivity (Wildman–Crippen MR) is 149 cm³/mol. The number of oxazole rings is 1. The van der Waals surface area contributed by atoms with Gasteiger partial charge in [-0.3, -0.25) is 9.59 Å². The number of carbonyl (C=O) groups is 2. The summed E-state index contributed by atoms with van der Waals surface area (Å²) in [6.45, 7) is 4.32. The maximum atomic E-state index is 12.6. The Bertz CT molecular complexity index is 1210. The van der Waals surface area contributed by atoms with Crippen LogP contribution in [0.25, 0.3) is 11.5 Å². The topological polar surface area (TPSA) is 133 Å². The number of nitrogens with one attached hydrogen (secondary N) is 2. The van der Waals surface area contributed by atoms with E-state index in [2.05, 4.69) is 32.5 Å². The average molecular weight is 591 g/mol. The van der Waals surface area contributed by atoms with Crippen molar-refractivity contribution in [3.63, 3.8) is 0 Å². The van der Waals surface area contributed by atoms with Crippen LogP contribution in [0.4, 0.5) is 13.2 Å². The summed E-state index contributed by atoms with van der Waals surface area (Å²) in [5, 5.41) is 14.9. The molecule has 0 radical (unpaired) electrons. The van der Waals surface area contributed by atoms with Crippen LogP contribution in [-0.4, -0.2) is 75.1 Å². The second-order valence-electron chi connectivity index (χ2n) is 9.86. The molecule has 0 spiro atoms. The van der Waals surface area contributed by atoms with Crippen molar-refractivity contribution >= 4 is 11.8 Å². The molecule has 3 aromatic rings. The van der Waals surface area contributed by atoms with E-state index in [9.17, 15) is 22.8 Å². The van der Waals surface area contributed by atoms with Crippen LogP contribution in [0.2, 0.25) is 0 Å². The first-order valence-corrected chi connectivity index (χ1v) is 14.0. The summed E-state index contributed by atoms with van der Waals surface area (Å²) in [5.41, 5.74) is -0.342. The molecule has 13 heteroatoms. The van der Waals surface area contributed by atoms with E-state index in [1.54, 1.807) is 23.4 Å². The molecule has 228 valence electrons. The van der Waals surface area contributed by atoms with Crippen LogP contribution < -0.4 is 10.6 Å². The van der Waals surface area contributed by atoms with Crippen LogP contribution in [0.3, 0.4) is 0 Å². The van der Waals surface area contributed by atoms with Crippen molar-refractivity contribution < 1.29 is 32.3 Å². The van der Waals surface area contributed by atoms with Gasteiger partial charge in [0.05, 0.1) is 18.2 Å². The molecule has 10 nitrogen and oxygen atoms in total. The minimum Gasteiger partial charge on any atom is -0.451 e. The van der Waals surface area contributed by atoms with E-state index in [-0.39, 0.29) is 24.1 Å². The highest BCUT2D eigenvalue weighted by Crippen LogP contribution is 2.29. The number of aliphatic hydroxyl groups is 1. The Morgan fingerprint density at radius 2 is 1.74 bits per heavy atom. The zero-order valence-electron chi connectivity index (χ0n) is 23.5. The van der Waals surface area contributed by atoms with Crippen molar-refractivity contribution in [3.8, 4) is 11.5 Å². The van der Waals surface area contributed by atoms with Gasteiger partial charge in [-0.05, 0) is 69.3 Å². The maximum absolute atomic E-state index is 12.6. The second kappa shape index (κ2) is 16.6. The first kappa shape index (κ1) is 32.7. The molecular weight excluding hydrogens is 553 g/mol. The molecular formula is C29H37F3N6O4. The third-order valence-corrected chi connectivity index (χ3v) is 6.73. The molecule has 5 rings (SSSR count). The van der Waals surface area contributed by atoms with Crippen molar-refractivity contribution in [3.05, 3.63) is 66.5 Å². The van der Waals surface area contributed by atoms with Crippen molar-refractivity contribution in [2.75, 3.05) is 26.2 Å². The van der Waals surface area contributed by atoms with Gasteiger partial charge in [-0.2, -0.15) is 13.2 Å². The number of hydrogen-bond acceptors (Lipinski definition) is 8. The first-order chi connectivity index (χ1) is 20.2. The van der Waals surface area contributed by atoms with Gasteiger partial charge in [-0.15, -0.1) is 0 Å². The fourth-order valence-corrected chi connectivity index (χ4v) is 4.50. The molecule has 2 amide bonds. The molecule has 1 aromatic carbocycles. The van der Waals surface area contributed by atoms with Gasteiger partial charge in [0.25, 0.3) is 5.91 Å². The van der Waals surface area contributed by atoms with Crippen LogP contribution in [0.1, 0.15) is 61.4 Å². The molecule has 1 saturated heterocycles. The zero-order valence-corrected chi connectivity index (χ0v) is 23.5. The number of nitrogens with zero attached hydrogens (tertiary/aromatic N) is 4. The van der Waals surface area contributed by atoms with Crippen molar-refractivity contribution in [2.45, 2.75) is 63.8 Å². The van der Waals surface area contributed by atoms with Gasteiger partial charge in [-0.25, -0.2) is 15.0 Å². The number of amides is 2. The Kier molecular flexibility index (Phi) is 12.9. The Hall–Kier alpha value is -3.84. The molecule has 2 aromatic heterocycles. The van der Waals surface area contributed by atoms with Crippen LogP contribution >= 0.6 is 0 Å². The molecule has 42 heavy (non-hydrogen) atoms. The number of aliphatic hydroxyl groups excluding tert-OH is 1. The fraction of sp³-hybridized carbons (Fsp3) is 0.483. The predicted octanol–water partition coefficient (Wildman–Crippen LogP) is 4.09. The fourth-order valence-electron chi connectivity index (χ4n) is 4.50. The van der Waals surface area contributed by atoms with E-state index in [0.717, 1.165) is 57.2 Å². The Labute approximate surface area is 242 Å². The number of aromatic nitrogens is 3. The van der Waals surface area contributed by atoms with Gasteiger partial charge < -0.3 is 25.1 Å². The SMILES string of the molecule is CCNC1CCC(O)CC1.O=C(NCC(=O)N1CCCC1)c1cccc(C(F)(F)F)c1.c1cnc(-c2cocn2)nc1. The minimum absolute atomic E-state index is 0.0186. The molecule has 2 fully saturated rings. The number of likely N-dealkylation sites (tertiary alicyclic amines) is 1. The largest absolute Gasteiger partial charge is 0.451 e. The summed E-state index contributed by atoms with van der Waals surface area (Å²) in [5.74, 6) is -0.317. The van der Waals surface area contributed by atoms with E-state index in [1.165, 1.54) is 24.8 Å². The summed E-state index contributed by atoms with van der Waals surface area (Å²) in [4.78, 5) is 37.0. The van der Waals surface area contributed by atoms with Crippen LogP contribution in [-0.2, 0) is 11.0 Å². The van der Waals surface area contributed by atoms with Gasteiger partial charge in [0.2, 0.25) is 5.91 Å². The molecule has 1 aliphatic carbocycles. The quantitative estimate of drug-likeness (QED) is 0.391. The molecule has 3 heterocycles. The average Bonchev–Trinajstić information content (AvgIpc) is 3.74. The summed E-state index contributed by atoms with van der Waals surface area (Å²) in [6.07, 6.45) is 7.81. The summed E-state index contributed by atoms with van der Waals surface area (Å²) >= 11 is 0. The van der Waals surface area contributed by atoms with E-state index >= 15 is 0 Å². The van der Waals surface area contributed by atoms with Crippen molar-refractivity contribution in [1.29, 1.82) is 0 Å². The lowest BCUT2D eigenvalue weighted by molar-refractivity contribution is -0.137. The van der Waals surface area contributed by atoms with Crippen LogP contribution in [0.5, 0.6) is 0 Å². The molecule has 0 unspecified atom stereocenters. The second-order valence-corrected chi connectivity index (χ2v) is 9.86. The standard InChI is InChI=1S/C14H15F3N2O2.C8H17NO.C7H5N3O/c15-14(16,17)11-5-3-4-10(8-11)13(21)18-9-12(20)19-6-1-2-7-19;1-2-9-7-3-5-8(10)6-4-7;1-2-8-7(9-3-1)6-4-11-5-10-6/h3-5,8H,1-2,6-7,9H2,(H,18,21);7-10H,2-6H2,1H3;1-5H. The highest BCUT2D eigenvalue weighted by Gasteiger charge is 2.31. The third kappa shape index (κ3) is 10.9. The normalized spacial score (nSPS) is 18.3. The monoisotopic (exact) mass is 590 g/mol. The highest BCUT2D eigenvalue weighted by atomic mass is 19.4. The van der Waals surface area contributed by atoms with E-state index in [0.29, 0.717) is 30.6 Å². The summed E-state index contributed by atoms with van der Waals surface area (Å²) in [7, 11) is 0. The molecule has 0 bridgehead atoms. The lowest BCUT2D eigenvalue weighted by Gasteiger charge is -2.25. The van der Waals surface area contributed by atoms with Gasteiger partial charge >= 0.3 is 6.18 Å². The van der Waals surface area contributed by atoms with E-state index in [1.807, 2.05) is 0 Å². The van der Waals surface area contributed by atoms with Gasteiger partial charge in [0.15, 0.2) is 12.2 Å². The number of hydrogen-bond donors (Lipinski definition) is 3. The van der Waals surface area contributed by atoms with Crippen LogP contribution in [0.15, 0.2) is 59.8 Å². The van der Waals surface area contributed by atoms with E-state index < -0.39 is 17.6 Å². The number of rotatable bonds is 6. The molecule has 2 aliphatic rings. The molecule has 1 saturated carbocycles. The Balaban J connectivity index is 0.000000192. The van der Waals surface area contributed by atoms with E-state index in [4.69, 9.17) is 9.52 Å². The van der Waals surface area contributed by atoms with Gasteiger partial charge in [0, 0.05) is 37.1 Å². The van der Waals surface area contributed by atoms with Crippen LogP contribution in [0, 0.1) is 0 Å². The number of benzene rings is 1. The minimum atomic E-state index is -4.50. The smallest absolute Gasteiger partial charge is 0.416 e. The van der Waals surface area contributed by atoms with Crippen molar-refractivity contribution in [2.24, 2.45) is 0 Å². The number of carbonyl (C=O) groups excluding carboxylic acids is 2. The van der Waals surface area contributed by atoms with Gasteiger partial charge in [-0.1, -0.05) is 13.0 Å². The molecule has 1 aliphatic heterocycles. The number of halogens is 3. The summed E-state index contributed by atoms with van der Waals surface area (Å²) in [6, 6.07) is 6.55. The first-order valence-electron chi connectivity index (χ1n) is 14.0. The lowest BCUT2D eigenvalue weighted by atomic mass is 9.93. The highest BCUT2D eigenvalue weighted by molar-refractivity contribution is 5.96. The lowest BCUT2D eigenvalue weighted by Crippen LogP contribution is -2.38.